The van der Waals surface area contributed by atoms with Crippen LogP contribution in [0.15, 0.2) is 174 Å². The van der Waals surface area contributed by atoms with Gasteiger partial charge in [0, 0.05) is 53.6 Å². The highest BCUT2D eigenvalue weighted by molar-refractivity contribution is 7.25. The van der Waals surface area contributed by atoms with Crippen molar-refractivity contribution in [2.24, 2.45) is 0 Å². The molecule has 0 atom stereocenters. The maximum Gasteiger partial charge on any atom is 0.227 e. The molecule has 0 saturated heterocycles. The number of benzene rings is 8. The fourth-order valence-corrected chi connectivity index (χ4v) is 9.67. The first-order chi connectivity index (χ1) is 26.5. The van der Waals surface area contributed by atoms with E-state index in [2.05, 4.69) is 158 Å². The predicted molar refractivity (Wildman–Crippen MR) is 228 cm³/mol. The fourth-order valence-electron chi connectivity index (χ4n) is 8.53. The number of oxazole rings is 1. The first-order valence-corrected chi connectivity index (χ1v) is 19.3. The van der Waals surface area contributed by atoms with E-state index in [0.29, 0.717) is 5.89 Å². The number of thiophene rings is 1. The molecule has 0 amide bonds. The number of rotatable bonds is 5. The summed E-state index contributed by atoms with van der Waals surface area (Å²) in [7, 11) is 0. The molecule has 1 aliphatic rings. The Bertz CT molecular complexity index is 3080. The van der Waals surface area contributed by atoms with Crippen molar-refractivity contribution in [2.45, 2.75) is 19.3 Å². The van der Waals surface area contributed by atoms with Crippen LogP contribution in [-0.2, 0) is 5.41 Å². The fraction of sp³-hybridized carbons (Fsp3) is 0.0600. The molecular formula is C50H34N2OS. The van der Waals surface area contributed by atoms with Gasteiger partial charge in [-0.15, -0.1) is 11.3 Å². The monoisotopic (exact) mass is 710 g/mol. The van der Waals surface area contributed by atoms with E-state index in [1.54, 1.807) is 0 Å². The van der Waals surface area contributed by atoms with Gasteiger partial charge in [0.25, 0.3) is 0 Å². The number of anilines is 3. The SMILES string of the molecule is CC1(C)c2ccccc2-c2ccc(N(c3ccc(-c4ccc5c(ccc6nc(-c7ccccc7)oc65)c4)cc3)c3ccc4c(c3)sc3ccccc34)cc21. The minimum absolute atomic E-state index is 0.0939. The number of hydrogen-bond donors (Lipinski definition) is 0. The van der Waals surface area contributed by atoms with Gasteiger partial charge in [0.2, 0.25) is 5.89 Å². The maximum atomic E-state index is 6.33. The van der Waals surface area contributed by atoms with Gasteiger partial charge in [-0.1, -0.05) is 111 Å². The lowest BCUT2D eigenvalue weighted by Crippen LogP contribution is -2.16. The molecule has 0 unspecified atom stereocenters. The minimum atomic E-state index is -0.0939. The molecule has 0 saturated carbocycles. The summed E-state index contributed by atoms with van der Waals surface area (Å²) in [5, 5.41) is 4.80. The lowest BCUT2D eigenvalue weighted by Gasteiger charge is -2.28. The van der Waals surface area contributed by atoms with Gasteiger partial charge in [-0.05, 0) is 112 Å². The van der Waals surface area contributed by atoms with Gasteiger partial charge in [-0.2, -0.15) is 0 Å². The van der Waals surface area contributed by atoms with Gasteiger partial charge in [0.05, 0.1) is 0 Å². The standard InChI is InChI=1S/C50H34N2OS/c1-50(2)43-14-8-6-12-39(43)40-25-22-36(29-44(40)50)52(37-23-26-42-41-13-7-9-15-46(41)54-47(42)30-37)35-20-16-31(17-21-35)33-18-24-38-34(28-33)19-27-45-48(38)53-49(51-45)32-10-4-3-5-11-32/h3-30H,1-2H3. The molecule has 1 aliphatic carbocycles. The lowest BCUT2D eigenvalue weighted by molar-refractivity contribution is 0.623. The average molecular weight is 711 g/mol. The van der Waals surface area contributed by atoms with Crippen molar-refractivity contribution in [3.05, 3.63) is 181 Å². The summed E-state index contributed by atoms with van der Waals surface area (Å²) in [6.45, 7) is 4.70. The van der Waals surface area contributed by atoms with Crippen LogP contribution in [0.4, 0.5) is 17.1 Å². The van der Waals surface area contributed by atoms with Crippen LogP contribution in [0.5, 0.6) is 0 Å². The van der Waals surface area contributed by atoms with Gasteiger partial charge in [-0.3, -0.25) is 0 Å². The number of aromatic nitrogens is 1. The summed E-state index contributed by atoms with van der Waals surface area (Å²) in [6.07, 6.45) is 0. The lowest BCUT2D eigenvalue weighted by atomic mass is 9.82. The smallest absolute Gasteiger partial charge is 0.227 e. The first kappa shape index (κ1) is 31.1. The third-order valence-electron chi connectivity index (χ3n) is 11.3. The van der Waals surface area contributed by atoms with Crippen molar-refractivity contribution in [3.8, 4) is 33.7 Å². The molecule has 0 bridgehead atoms. The molecule has 2 aromatic heterocycles. The van der Waals surface area contributed by atoms with Crippen molar-refractivity contribution >= 4 is 70.4 Å². The molecular weight excluding hydrogens is 677 g/mol. The molecule has 4 heteroatoms. The second-order valence-corrected chi connectivity index (χ2v) is 15.9. The Labute approximate surface area is 317 Å². The van der Waals surface area contributed by atoms with Gasteiger partial charge in [0.15, 0.2) is 5.58 Å². The summed E-state index contributed by atoms with van der Waals surface area (Å²) >= 11 is 1.86. The molecule has 54 heavy (non-hydrogen) atoms. The van der Waals surface area contributed by atoms with Crippen LogP contribution in [0, 0.1) is 0 Å². The molecule has 256 valence electrons. The van der Waals surface area contributed by atoms with Crippen LogP contribution in [-0.4, -0.2) is 4.98 Å². The molecule has 0 aliphatic heterocycles. The summed E-state index contributed by atoms with van der Waals surface area (Å²) < 4.78 is 8.93. The zero-order valence-electron chi connectivity index (χ0n) is 29.9. The number of hydrogen-bond acceptors (Lipinski definition) is 4. The highest BCUT2D eigenvalue weighted by Gasteiger charge is 2.35. The molecule has 0 N–H and O–H groups in total. The summed E-state index contributed by atoms with van der Waals surface area (Å²) in [5.74, 6) is 0.644. The van der Waals surface area contributed by atoms with Crippen LogP contribution in [0.3, 0.4) is 0 Å². The van der Waals surface area contributed by atoms with Crippen LogP contribution in [0.1, 0.15) is 25.0 Å². The third-order valence-corrected chi connectivity index (χ3v) is 12.4. The Morgan fingerprint density at radius 3 is 2.07 bits per heavy atom. The Kier molecular flexibility index (Phi) is 6.77. The van der Waals surface area contributed by atoms with Gasteiger partial charge < -0.3 is 9.32 Å². The quantitative estimate of drug-likeness (QED) is 0.178. The predicted octanol–water partition coefficient (Wildman–Crippen LogP) is 14.5. The largest absolute Gasteiger partial charge is 0.435 e. The number of nitrogens with zero attached hydrogens (tertiary/aromatic N) is 2. The highest BCUT2D eigenvalue weighted by atomic mass is 32.1. The Morgan fingerprint density at radius 1 is 0.500 bits per heavy atom. The van der Waals surface area contributed by atoms with Crippen LogP contribution in [0.2, 0.25) is 0 Å². The van der Waals surface area contributed by atoms with E-state index in [0.717, 1.165) is 55.6 Å². The van der Waals surface area contributed by atoms with E-state index in [9.17, 15) is 0 Å². The topological polar surface area (TPSA) is 29.3 Å². The Hall–Kier alpha value is -6.49. The van der Waals surface area contributed by atoms with E-state index >= 15 is 0 Å². The molecule has 0 radical (unpaired) electrons. The summed E-state index contributed by atoms with van der Waals surface area (Å²) in [6, 6.07) is 61.4. The van der Waals surface area contributed by atoms with Crippen LogP contribution in [0.25, 0.3) is 75.8 Å². The Balaban J connectivity index is 1.01. The third kappa shape index (κ3) is 4.77. The van der Waals surface area contributed by atoms with E-state index in [1.165, 1.54) is 42.4 Å². The van der Waals surface area contributed by atoms with Crippen LogP contribution < -0.4 is 4.90 Å². The maximum absolute atomic E-state index is 6.33. The van der Waals surface area contributed by atoms with Gasteiger partial charge in [-0.25, -0.2) is 4.98 Å². The highest BCUT2D eigenvalue weighted by Crippen LogP contribution is 2.51. The average Bonchev–Trinajstić information content (AvgIpc) is 3.89. The molecule has 3 nitrogen and oxygen atoms in total. The van der Waals surface area contributed by atoms with Gasteiger partial charge in [0.1, 0.15) is 5.52 Å². The molecule has 11 rings (SSSR count). The summed E-state index contributed by atoms with van der Waals surface area (Å²) in [5.41, 5.74) is 13.7. The molecule has 10 aromatic rings. The Morgan fingerprint density at radius 2 is 1.19 bits per heavy atom. The second-order valence-electron chi connectivity index (χ2n) is 14.8. The van der Waals surface area contributed by atoms with Gasteiger partial charge >= 0.3 is 0 Å². The normalized spacial score (nSPS) is 13.1. The second kappa shape index (κ2) is 11.8. The summed E-state index contributed by atoms with van der Waals surface area (Å²) in [4.78, 5) is 7.20. The van der Waals surface area contributed by atoms with E-state index in [1.807, 2.05) is 41.7 Å². The van der Waals surface area contributed by atoms with Crippen molar-refractivity contribution in [3.63, 3.8) is 0 Å². The zero-order valence-corrected chi connectivity index (χ0v) is 30.7. The molecule has 2 heterocycles. The van der Waals surface area contributed by atoms with Crippen molar-refractivity contribution in [1.82, 2.24) is 4.98 Å². The van der Waals surface area contributed by atoms with Crippen LogP contribution >= 0.6 is 11.3 Å². The number of fused-ring (bicyclic) bond motifs is 9. The zero-order chi connectivity index (χ0) is 36.0. The van der Waals surface area contributed by atoms with E-state index < -0.39 is 0 Å². The minimum Gasteiger partial charge on any atom is -0.435 e. The van der Waals surface area contributed by atoms with Crippen molar-refractivity contribution in [1.29, 1.82) is 0 Å². The van der Waals surface area contributed by atoms with E-state index in [-0.39, 0.29) is 5.41 Å². The molecule has 0 fully saturated rings. The van der Waals surface area contributed by atoms with E-state index in [4.69, 9.17) is 9.40 Å². The van der Waals surface area contributed by atoms with Crippen molar-refractivity contribution in [2.75, 3.05) is 4.90 Å². The van der Waals surface area contributed by atoms with Crippen molar-refractivity contribution < 1.29 is 4.42 Å². The first-order valence-electron chi connectivity index (χ1n) is 18.4. The molecule has 8 aromatic carbocycles. The molecule has 0 spiro atoms.